The second-order valence-corrected chi connectivity index (χ2v) is 3.98. The number of aliphatic hydroxyl groups is 1. The number of aromatic hydroxyl groups is 1. The maximum absolute atomic E-state index is 9.18. The minimum atomic E-state index is 0.143. The number of phenolic OH excluding ortho intramolecular Hbond substituents is 1. The zero-order valence-electron chi connectivity index (χ0n) is 6.93. The molecule has 0 unspecified atom stereocenters. The van der Waals surface area contributed by atoms with E-state index in [9.17, 15) is 5.11 Å². The summed E-state index contributed by atoms with van der Waals surface area (Å²) in [6.45, 7) is 0.143. The lowest BCUT2D eigenvalue weighted by Crippen LogP contribution is -1.92. The van der Waals surface area contributed by atoms with Crippen LogP contribution in [0.4, 0.5) is 0 Å². The SMILES string of the molecule is OCCCc1c(Cl)cc(O)cc1Br. The van der Waals surface area contributed by atoms with Crippen LogP contribution in [0.2, 0.25) is 5.02 Å². The van der Waals surface area contributed by atoms with E-state index in [0.29, 0.717) is 17.9 Å². The third kappa shape index (κ3) is 2.86. The minimum Gasteiger partial charge on any atom is -0.508 e. The Balaban J connectivity index is 2.92. The molecule has 2 N–H and O–H groups in total. The van der Waals surface area contributed by atoms with Crippen LogP contribution in [0.3, 0.4) is 0 Å². The molecule has 0 amide bonds. The second-order valence-electron chi connectivity index (χ2n) is 2.72. The molecule has 0 saturated heterocycles. The quantitative estimate of drug-likeness (QED) is 0.882. The van der Waals surface area contributed by atoms with Gasteiger partial charge in [-0.3, -0.25) is 0 Å². The molecule has 1 aromatic rings. The standard InChI is InChI=1S/C9H10BrClO2/c10-8-4-6(13)5-9(11)7(8)2-1-3-12/h4-5,12-13H,1-3H2. The van der Waals surface area contributed by atoms with Crippen LogP contribution in [0.15, 0.2) is 16.6 Å². The van der Waals surface area contributed by atoms with Crippen molar-refractivity contribution in [3.63, 3.8) is 0 Å². The summed E-state index contributed by atoms with van der Waals surface area (Å²) in [7, 11) is 0. The van der Waals surface area contributed by atoms with E-state index in [1.54, 1.807) is 6.07 Å². The van der Waals surface area contributed by atoms with E-state index in [2.05, 4.69) is 15.9 Å². The molecule has 1 rings (SSSR count). The average Bonchev–Trinajstić information content (AvgIpc) is 2.02. The Morgan fingerprint density at radius 1 is 1.38 bits per heavy atom. The normalized spacial score (nSPS) is 10.4. The first-order valence-corrected chi connectivity index (χ1v) is 5.10. The summed E-state index contributed by atoms with van der Waals surface area (Å²) in [5, 5.41) is 18.4. The van der Waals surface area contributed by atoms with Gasteiger partial charge in [-0.1, -0.05) is 27.5 Å². The molecule has 0 atom stereocenters. The van der Waals surface area contributed by atoms with E-state index in [1.165, 1.54) is 6.07 Å². The maximum atomic E-state index is 9.18. The van der Waals surface area contributed by atoms with Crippen LogP contribution in [0.5, 0.6) is 5.75 Å². The van der Waals surface area contributed by atoms with Crippen LogP contribution in [0.25, 0.3) is 0 Å². The summed E-state index contributed by atoms with van der Waals surface area (Å²) in [6.07, 6.45) is 1.37. The zero-order valence-corrected chi connectivity index (χ0v) is 9.27. The number of benzene rings is 1. The van der Waals surface area contributed by atoms with E-state index in [1.807, 2.05) is 0 Å². The molecule has 0 bridgehead atoms. The van der Waals surface area contributed by atoms with Gasteiger partial charge in [-0.05, 0) is 30.5 Å². The molecular weight excluding hydrogens is 255 g/mol. The van der Waals surface area contributed by atoms with Crippen molar-refractivity contribution >= 4 is 27.5 Å². The molecule has 0 aliphatic heterocycles. The van der Waals surface area contributed by atoms with Crippen molar-refractivity contribution < 1.29 is 10.2 Å². The second kappa shape index (κ2) is 4.84. The van der Waals surface area contributed by atoms with Gasteiger partial charge in [-0.15, -0.1) is 0 Å². The predicted octanol–water partition coefficient (Wildman–Crippen LogP) is 2.73. The number of hydrogen-bond donors (Lipinski definition) is 2. The van der Waals surface area contributed by atoms with Crippen molar-refractivity contribution in [2.24, 2.45) is 0 Å². The van der Waals surface area contributed by atoms with Gasteiger partial charge in [-0.2, -0.15) is 0 Å². The fraction of sp³-hybridized carbons (Fsp3) is 0.333. The predicted molar refractivity (Wildman–Crippen MR) is 56.2 cm³/mol. The smallest absolute Gasteiger partial charge is 0.118 e. The van der Waals surface area contributed by atoms with Crippen LogP contribution in [-0.2, 0) is 6.42 Å². The Hall–Kier alpha value is -0.250. The first kappa shape index (κ1) is 10.8. The van der Waals surface area contributed by atoms with Crippen molar-refractivity contribution in [1.82, 2.24) is 0 Å². The Labute approximate surface area is 90.3 Å². The highest BCUT2D eigenvalue weighted by molar-refractivity contribution is 9.10. The summed E-state index contributed by atoms with van der Waals surface area (Å²) in [6, 6.07) is 3.09. The molecule has 0 radical (unpaired) electrons. The van der Waals surface area contributed by atoms with Crippen molar-refractivity contribution in [2.45, 2.75) is 12.8 Å². The molecular formula is C9H10BrClO2. The summed E-state index contributed by atoms with van der Waals surface area (Å²) >= 11 is 9.20. The van der Waals surface area contributed by atoms with E-state index in [4.69, 9.17) is 16.7 Å². The van der Waals surface area contributed by atoms with Gasteiger partial charge in [0.05, 0.1) is 0 Å². The van der Waals surface area contributed by atoms with Gasteiger partial charge in [0, 0.05) is 16.1 Å². The molecule has 0 heterocycles. The lowest BCUT2D eigenvalue weighted by atomic mass is 10.1. The van der Waals surface area contributed by atoms with Gasteiger partial charge in [0.15, 0.2) is 0 Å². The Morgan fingerprint density at radius 3 is 2.62 bits per heavy atom. The lowest BCUT2D eigenvalue weighted by molar-refractivity contribution is 0.288. The summed E-state index contributed by atoms with van der Waals surface area (Å²) < 4.78 is 0.783. The van der Waals surface area contributed by atoms with Crippen LogP contribution in [-0.4, -0.2) is 16.8 Å². The fourth-order valence-electron chi connectivity index (χ4n) is 1.08. The molecule has 0 aliphatic rings. The number of hydrogen-bond acceptors (Lipinski definition) is 2. The highest BCUT2D eigenvalue weighted by Crippen LogP contribution is 2.30. The first-order valence-electron chi connectivity index (χ1n) is 3.93. The maximum Gasteiger partial charge on any atom is 0.118 e. The van der Waals surface area contributed by atoms with E-state index < -0.39 is 0 Å². The topological polar surface area (TPSA) is 40.5 Å². The van der Waals surface area contributed by atoms with Gasteiger partial charge in [0.1, 0.15) is 5.75 Å². The van der Waals surface area contributed by atoms with Gasteiger partial charge < -0.3 is 10.2 Å². The zero-order chi connectivity index (χ0) is 9.84. The molecule has 0 saturated carbocycles. The van der Waals surface area contributed by atoms with Gasteiger partial charge in [0.2, 0.25) is 0 Å². The third-order valence-electron chi connectivity index (χ3n) is 1.71. The Morgan fingerprint density at radius 2 is 2.08 bits per heavy atom. The summed E-state index contributed by atoms with van der Waals surface area (Å²) in [4.78, 5) is 0. The van der Waals surface area contributed by atoms with Gasteiger partial charge in [-0.25, -0.2) is 0 Å². The lowest BCUT2D eigenvalue weighted by Gasteiger charge is -2.06. The van der Waals surface area contributed by atoms with Crippen LogP contribution in [0, 0.1) is 0 Å². The highest BCUT2D eigenvalue weighted by atomic mass is 79.9. The molecule has 0 spiro atoms. The molecule has 1 aromatic carbocycles. The number of halogens is 2. The third-order valence-corrected chi connectivity index (χ3v) is 2.76. The van der Waals surface area contributed by atoms with Crippen LogP contribution >= 0.6 is 27.5 Å². The summed E-state index contributed by atoms with van der Waals surface area (Å²) in [5.41, 5.74) is 0.925. The average molecular weight is 266 g/mol. The van der Waals surface area contributed by atoms with E-state index >= 15 is 0 Å². The first-order chi connectivity index (χ1) is 6.15. The molecule has 0 aromatic heterocycles. The van der Waals surface area contributed by atoms with Crippen molar-refractivity contribution in [3.8, 4) is 5.75 Å². The number of rotatable bonds is 3. The fourth-order valence-corrected chi connectivity index (χ4v) is 2.15. The molecule has 13 heavy (non-hydrogen) atoms. The van der Waals surface area contributed by atoms with Gasteiger partial charge >= 0.3 is 0 Å². The van der Waals surface area contributed by atoms with Crippen molar-refractivity contribution in [1.29, 1.82) is 0 Å². The Kier molecular flexibility index (Phi) is 4.03. The van der Waals surface area contributed by atoms with Crippen LogP contribution in [0.1, 0.15) is 12.0 Å². The monoisotopic (exact) mass is 264 g/mol. The van der Waals surface area contributed by atoms with E-state index in [0.717, 1.165) is 10.0 Å². The molecule has 2 nitrogen and oxygen atoms in total. The number of aliphatic hydroxyl groups excluding tert-OH is 1. The minimum absolute atomic E-state index is 0.143. The largest absolute Gasteiger partial charge is 0.508 e. The molecule has 4 heteroatoms. The van der Waals surface area contributed by atoms with Gasteiger partial charge in [0.25, 0.3) is 0 Å². The summed E-state index contributed by atoms with van der Waals surface area (Å²) in [5.74, 6) is 0.143. The Bertz CT molecular complexity index is 279. The molecule has 72 valence electrons. The molecule has 0 aliphatic carbocycles. The van der Waals surface area contributed by atoms with Crippen molar-refractivity contribution in [2.75, 3.05) is 6.61 Å². The molecule has 0 fully saturated rings. The van der Waals surface area contributed by atoms with E-state index in [-0.39, 0.29) is 12.4 Å². The number of phenols is 1. The highest BCUT2D eigenvalue weighted by Gasteiger charge is 2.06. The van der Waals surface area contributed by atoms with Crippen LogP contribution < -0.4 is 0 Å². The van der Waals surface area contributed by atoms with Crippen molar-refractivity contribution in [3.05, 3.63) is 27.2 Å².